The molecule has 166 valence electrons. The van der Waals surface area contributed by atoms with E-state index in [1.165, 1.54) is 11.3 Å². The molecule has 1 fully saturated rings. The number of aryl methyl sites for hydroxylation is 1. The van der Waals surface area contributed by atoms with Gasteiger partial charge < -0.3 is 25.3 Å². The molecule has 3 heterocycles. The van der Waals surface area contributed by atoms with E-state index >= 15 is 0 Å². The largest absolute Gasteiger partial charge is 0.465 e. The number of H-pyrrole nitrogens is 1. The lowest BCUT2D eigenvalue weighted by molar-refractivity contribution is -0.142. The van der Waals surface area contributed by atoms with E-state index in [1.54, 1.807) is 6.92 Å². The second-order valence-corrected chi connectivity index (χ2v) is 8.16. The number of hydrogen-bond donors (Lipinski definition) is 3. The summed E-state index contributed by atoms with van der Waals surface area (Å²) in [6, 6.07) is 8.16. The third-order valence-electron chi connectivity index (χ3n) is 5.99. The number of carbonyl (C=O) groups is 2. The van der Waals surface area contributed by atoms with Gasteiger partial charge in [0.2, 0.25) is 11.9 Å². The Morgan fingerprint density at radius 2 is 2.12 bits per heavy atom. The van der Waals surface area contributed by atoms with E-state index in [1.807, 2.05) is 30.5 Å². The molecule has 9 heteroatoms. The van der Waals surface area contributed by atoms with Crippen LogP contribution in [-0.2, 0) is 20.7 Å². The molecule has 9 nitrogen and oxygen atoms in total. The number of aromatic amines is 1. The fourth-order valence-electron chi connectivity index (χ4n) is 4.13. The second-order valence-electron chi connectivity index (χ2n) is 8.16. The summed E-state index contributed by atoms with van der Waals surface area (Å²) in [7, 11) is 0. The zero-order chi connectivity index (χ0) is 22.1. The summed E-state index contributed by atoms with van der Waals surface area (Å²) < 4.78 is 5.02. The van der Waals surface area contributed by atoms with Crippen molar-refractivity contribution in [3.8, 4) is 0 Å². The number of carbonyl (C=O) groups excluding carboxylic acids is 2. The van der Waals surface area contributed by atoms with Crippen molar-refractivity contribution in [2.45, 2.75) is 45.1 Å². The molecule has 1 aliphatic carbocycles. The van der Waals surface area contributed by atoms with Gasteiger partial charge in [0.05, 0.1) is 12.0 Å². The molecule has 0 unspecified atom stereocenters. The molecule has 1 aliphatic heterocycles. The molecule has 3 N–H and O–H groups in total. The minimum absolute atomic E-state index is 0.0708. The third-order valence-corrected chi connectivity index (χ3v) is 5.99. The number of fused-ring (bicyclic) bond motifs is 2. The van der Waals surface area contributed by atoms with E-state index in [-0.39, 0.29) is 12.5 Å². The standard InChI is InChI=1S/C23H26N6O3/c1-2-32-20(31)13-29-18-8-7-16(12-14(18)6-9-19(29)30)26-23-27-21-17(10-11-24-21)22(28-23)25-15-4-3-5-15/h7-8,10-12,15H,2-6,9,13H2,1H3,(H3,24,25,26,27,28). The van der Waals surface area contributed by atoms with Crippen molar-refractivity contribution in [3.63, 3.8) is 0 Å². The molecule has 2 aliphatic rings. The van der Waals surface area contributed by atoms with Crippen molar-refractivity contribution < 1.29 is 14.3 Å². The summed E-state index contributed by atoms with van der Waals surface area (Å²) >= 11 is 0. The van der Waals surface area contributed by atoms with Gasteiger partial charge in [0.1, 0.15) is 18.0 Å². The monoisotopic (exact) mass is 434 g/mol. The lowest BCUT2D eigenvalue weighted by Crippen LogP contribution is -2.39. The zero-order valence-corrected chi connectivity index (χ0v) is 18.0. The summed E-state index contributed by atoms with van der Waals surface area (Å²) in [5.74, 6) is 0.846. The van der Waals surface area contributed by atoms with Crippen molar-refractivity contribution in [2.75, 3.05) is 28.7 Å². The molecule has 0 radical (unpaired) electrons. The molecule has 0 saturated heterocycles. The molecule has 0 bridgehead atoms. The van der Waals surface area contributed by atoms with Gasteiger partial charge in [-0.2, -0.15) is 9.97 Å². The van der Waals surface area contributed by atoms with Crippen LogP contribution in [0.15, 0.2) is 30.5 Å². The van der Waals surface area contributed by atoms with E-state index in [2.05, 4.69) is 20.6 Å². The minimum Gasteiger partial charge on any atom is -0.465 e. The summed E-state index contributed by atoms with van der Waals surface area (Å²) in [6.45, 7) is 1.97. The van der Waals surface area contributed by atoms with Gasteiger partial charge in [-0.3, -0.25) is 9.59 Å². The lowest BCUT2D eigenvalue weighted by atomic mass is 9.93. The fraction of sp³-hybridized carbons (Fsp3) is 0.391. The number of aromatic nitrogens is 3. The van der Waals surface area contributed by atoms with Gasteiger partial charge in [-0.25, -0.2) is 0 Å². The number of benzene rings is 1. The summed E-state index contributed by atoms with van der Waals surface area (Å²) in [4.78, 5) is 38.3. The predicted octanol–water partition coefficient (Wildman–Crippen LogP) is 3.51. The molecule has 1 saturated carbocycles. The Hall–Kier alpha value is -3.62. The van der Waals surface area contributed by atoms with E-state index in [4.69, 9.17) is 9.72 Å². The Bertz CT molecular complexity index is 1170. The predicted molar refractivity (Wildman–Crippen MR) is 122 cm³/mol. The van der Waals surface area contributed by atoms with Gasteiger partial charge in [-0.1, -0.05) is 0 Å². The Morgan fingerprint density at radius 1 is 1.25 bits per heavy atom. The molecule has 2 aromatic heterocycles. The van der Waals surface area contributed by atoms with Crippen LogP contribution in [0.3, 0.4) is 0 Å². The highest BCUT2D eigenvalue weighted by molar-refractivity contribution is 6.00. The first-order valence-electron chi connectivity index (χ1n) is 11.1. The molecule has 0 spiro atoms. The Morgan fingerprint density at radius 3 is 2.91 bits per heavy atom. The summed E-state index contributed by atoms with van der Waals surface area (Å²) in [5, 5.41) is 7.79. The van der Waals surface area contributed by atoms with Crippen LogP contribution in [0.4, 0.5) is 23.1 Å². The molecular formula is C23H26N6O3. The molecular weight excluding hydrogens is 408 g/mol. The third kappa shape index (κ3) is 3.98. The maximum absolute atomic E-state index is 12.4. The van der Waals surface area contributed by atoms with Crippen molar-refractivity contribution in [2.24, 2.45) is 0 Å². The van der Waals surface area contributed by atoms with Gasteiger partial charge >= 0.3 is 5.97 Å². The average Bonchev–Trinajstić information content (AvgIpc) is 3.22. The van der Waals surface area contributed by atoms with Crippen LogP contribution in [0.2, 0.25) is 0 Å². The Balaban J connectivity index is 1.39. The van der Waals surface area contributed by atoms with Crippen LogP contribution in [0.1, 0.15) is 38.2 Å². The number of rotatable bonds is 7. The molecule has 32 heavy (non-hydrogen) atoms. The number of hydrogen-bond acceptors (Lipinski definition) is 7. The number of nitrogens with zero attached hydrogens (tertiary/aromatic N) is 3. The molecule has 3 aromatic rings. The highest BCUT2D eigenvalue weighted by Gasteiger charge is 2.27. The number of nitrogens with one attached hydrogen (secondary N) is 3. The minimum atomic E-state index is -0.407. The Kier molecular flexibility index (Phi) is 5.38. The maximum atomic E-state index is 12.4. The zero-order valence-electron chi connectivity index (χ0n) is 18.0. The topological polar surface area (TPSA) is 112 Å². The van der Waals surface area contributed by atoms with E-state index < -0.39 is 5.97 Å². The van der Waals surface area contributed by atoms with E-state index in [9.17, 15) is 9.59 Å². The van der Waals surface area contributed by atoms with Gasteiger partial charge in [-0.15, -0.1) is 0 Å². The van der Waals surface area contributed by atoms with Gasteiger partial charge in [-0.05, 0) is 62.4 Å². The van der Waals surface area contributed by atoms with Crippen LogP contribution in [0.5, 0.6) is 0 Å². The number of ether oxygens (including phenoxy) is 1. The number of amides is 1. The van der Waals surface area contributed by atoms with Gasteiger partial charge in [0.25, 0.3) is 0 Å². The molecule has 0 atom stereocenters. The number of anilines is 4. The van der Waals surface area contributed by atoms with Crippen molar-refractivity contribution in [3.05, 3.63) is 36.0 Å². The summed E-state index contributed by atoms with van der Waals surface area (Å²) in [5.41, 5.74) is 3.34. The van der Waals surface area contributed by atoms with Crippen molar-refractivity contribution in [1.29, 1.82) is 0 Å². The van der Waals surface area contributed by atoms with Crippen molar-refractivity contribution in [1.82, 2.24) is 15.0 Å². The highest BCUT2D eigenvalue weighted by atomic mass is 16.5. The first-order valence-corrected chi connectivity index (χ1v) is 11.1. The van der Waals surface area contributed by atoms with E-state index in [0.717, 1.165) is 46.6 Å². The van der Waals surface area contributed by atoms with Crippen LogP contribution in [0, 0.1) is 0 Å². The van der Waals surface area contributed by atoms with Crippen LogP contribution < -0.4 is 15.5 Å². The molecule has 5 rings (SSSR count). The van der Waals surface area contributed by atoms with Crippen LogP contribution >= 0.6 is 0 Å². The smallest absolute Gasteiger partial charge is 0.326 e. The SMILES string of the molecule is CCOC(=O)CN1C(=O)CCc2cc(Nc3nc(NC4CCC4)c4cc[nH]c4n3)ccc21. The molecule has 1 aromatic carbocycles. The average molecular weight is 435 g/mol. The first-order chi connectivity index (χ1) is 15.6. The first kappa shape index (κ1) is 20.3. The van der Waals surface area contributed by atoms with Gasteiger partial charge in [0.15, 0.2) is 0 Å². The lowest BCUT2D eigenvalue weighted by Gasteiger charge is -2.29. The number of esters is 1. The quantitative estimate of drug-likeness (QED) is 0.488. The highest BCUT2D eigenvalue weighted by Crippen LogP contribution is 2.32. The Labute approximate surface area is 185 Å². The maximum Gasteiger partial charge on any atom is 0.326 e. The van der Waals surface area contributed by atoms with Crippen LogP contribution in [0.25, 0.3) is 11.0 Å². The summed E-state index contributed by atoms with van der Waals surface area (Å²) in [6.07, 6.45) is 6.40. The normalized spacial score (nSPS) is 15.9. The van der Waals surface area contributed by atoms with E-state index in [0.29, 0.717) is 31.4 Å². The fourth-order valence-corrected chi connectivity index (χ4v) is 4.13. The van der Waals surface area contributed by atoms with Crippen LogP contribution in [-0.4, -0.2) is 46.0 Å². The second kappa shape index (κ2) is 8.49. The van der Waals surface area contributed by atoms with Crippen molar-refractivity contribution >= 4 is 46.1 Å². The molecule has 1 amide bonds. The van der Waals surface area contributed by atoms with Gasteiger partial charge in [0, 0.05) is 30.0 Å².